The van der Waals surface area contributed by atoms with Crippen molar-refractivity contribution in [1.82, 2.24) is 0 Å². The van der Waals surface area contributed by atoms with E-state index in [1.165, 1.54) is 16.7 Å². The van der Waals surface area contributed by atoms with Gasteiger partial charge in [0, 0.05) is 17.8 Å². The van der Waals surface area contributed by atoms with Crippen LogP contribution in [0.1, 0.15) is 43.2 Å². The van der Waals surface area contributed by atoms with Crippen LogP contribution in [0, 0.1) is 11.3 Å². The molecule has 0 bridgehead atoms. The lowest BCUT2D eigenvalue weighted by molar-refractivity contribution is -0.122. The number of benzene rings is 1. The van der Waals surface area contributed by atoms with Crippen LogP contribution in [0.3, 0.4) is 0 Å². The summed E-state index contributed by atoms with van der Waals surface area (Å²) in [5, 5.41) is 12.5. The first-order valence-corrected chi connectivity index (χ1v) is 8.90. The molecule has 1 aromatic rings. The van der Waals surface area contributed by atoms with Gasteiger partial charge in [-0.05, 0) is 48.4 Å². The fourth-order valence-electron chi connectivity index (χ4n) is 4.90. The third-order valence-corrected chi connectivity index (χ3v) is 6.24. The number of allylic oxidation sites excluding steroid dienone is 2. The number of oxime groups is 1. The lowest BCUT2D eigenvalue weighted by atomic mass is 9.60. The van der Waals surface area contributed by atoms with Gasteiger partial charge in [-0.1, -0.05) is 42.4 Å². The summed E-state index contributed by atoms with van der Waals surface area (Å²) in [6.45, 7) is 6.23. The van der Waals surface area contributed by atoms with E-state index < -0.39 is 5.41 Å². The fourth-order valence-corrected chi connectivity index (χ4v) is 4.90. The summed E-state index contributed by atoms with van der Waals surface area (Å²) in [5.41, 5.74) is 3.95. The van der Waals surface area contributed by atoms with E-state index in [1.807, 2.05) is 13.0 Å². The second-order valence-corrected chi connectivity index (χ2v) is 7.51. The molecule has 4 rings (SSSR count). The Morgan fingerprint density at radius 3 is 3.08 bits per heavy atom. The van der Waals surface area contributed by atoms with E-state index in [4.69, 9.17) is 4.74 Å². The van der Waals surface area contributed by atoms with Gasteiger partial charge in [-0.25, -0.2) is 0 Å². The van der Waals surface area contributed by atoms with Gasteiger partial charge in [-0.15, -0.1) is 0 Å². The molecule has 0 aromatic heterocycles. The molecule has 1 N–H and O–H groups in total. The van der Waals surface area contributed by atoms with Crippen LogP contribution in [0.15, 0.2) is 47.7 Å². The first kappa shape index (κ1) is 16.1. The standard InChI is InChI=1S/C21H23NO3/c1-3-10-25-14-5-7-15-13(11-14)4-6-17-16(15)8-9-21(2)18(17)12-19(22-24)20(21)23/h3,5-7,11,16,18,24H,1,4,8-10,12H2,2H3/b22-19-. The molecule has 3 unspecified atom stereocenters. The number of ketones is 1. The maximum absolute atomic E-state index is 12.6. The Kier molecular flexibility index (Phi) is 3.78. The van der Waals surface area contributed by atoms with Crippen molar-refractivity contribution in [3.8, 4) is 5.75 Å². The highest BCUT2D eigenvalue weighted by Crippen LogP contribution is 2.57. The summed E-state index contributed by atoms with van der Waals surface area (Å²) in [6, 6.07) is 6.33. The summed E-state index contributed by atoms with van der Waals surface area (Å²) in [7, 11) is 0. The molecule has 0 amide bonds. The van der Waals surface area contributed by atoms with Gasteiger partial charge in [-0.2, -0.15) is 0 Å². The Labute approximate surface area is 147 Å². The molecule has 4 nitrogen and oxygen atoms in total. The molecular weight excluding hydrogens is 314 g/mol. The minimum atomic E-state index is -0.408. The van der Waals surface area contributed by atoms with E-state index in [9.17, 15) is 10.0 Å². The summed E-state index contributed by atoms with van der Waals surface area (Å²) in [5.74, 6) is 1.43. The van der Waals surface area contributed by atoms with E-state index in [0.717, 1.165) is 25.0 Å². The number of carbonyl (C=O) groups is 1. The van der Waals surface area contributed by atoms with Gasteiger partial charge in [-0.3, -0.25) is 4.79 Å². The monoisotopic (exact) mass is 337 g/mol. The average molecular weight is 337 g/mol. The fraction of sp³-hybridized carbons (Fsp3) is 0.429. The van der Waals surface area contributed by atoms with Crippen molar-refractivity contribution in [2.24, 2.45) is 16.5 Å². The highest BCUT2D eigenvalue weighted by molar-refractivity contribution is 6.43. The van der Waals surface area contributed by atoms with Crippen molar-refractivity contribution in [2.45, 2.75) is 38.5 Å². The SMILES string of the molecule is C=CCOc1ccc2c(c1)CC=C1C2CCC2(C)C(=O)/C(=N\O)CC12. The molecule has 1 aromatic carbocycles. The van der Waals surface area contributed by atoms with E-state index in [0.29, 0.717) is 24.7 Å². The number of hydrogen-bond donors (Lipinski definition) is 1. The normalized spacial score (nSPS) is 31.8. The number of nitrogens with zero attached hydrogens (tertiary/aromatic N) is 1. The first-order valence-electron chi connectivity index (χ1n) is 8.90. The minimum Gasteiger partial charge on any atom is -0.490 e. The zero-order valence-electron chi connectivity index (χ0n) is 14.5. The van der Waals surface area contributed by atoms with Gasteiger partial charge in [0.15, 0.2) is 5.78 Å². The minimum absolute atomic E-state index is 0.0262. The third-order valence-electron chi connectivity index (χ3n) is 6.24. The third kappa shape index (κ3) is 2.35. The molecule has 3 aliphatic rings. The zero-order chi connectivity index (χ0) is 17.6. The largest absolute Gasteiger partial charge is 0.490 e. The van der Waals surface area contributed by atoms with Crippen molar-refractivity contribution < 1.29 is 14.7 Å². The maximum atomic E-state index is 12.6. The lowest BCUT2D eigenvalue weighted by Gasteiger charge is -2.43. The van der Waals surface area contributed by atoms with Gasteiger partial charge < -0.3 is 9.94 Å². The molecule has 0 heterocycles. The maximum Gasteiger partial charge on any atom is 0.186 e. The Morgan fingerprint density at radius 2 is 2.32 bits per heavy atom. The molecule has 4 heteroatoms. The Morgan fingerprint density at radius 1 is 1.48 bits per heavy atom. The van der Waals surface area contributed by atoms with Crippen LogP contribution in [0.25, 0.3) is 0 Å². The van der Waals surface area contributed by atoms with Crippen molar-refractivity contribution in [3.63, 3.8) is 0 Å². The molecule has 130 valence electrons. The molecular formula is C21H23NO3. The molecule has 0 aliphatic heterocycles. The van der Waals surface area contributed by atoms with Gasteiger partial charge in [0.25, 0.3) is 0 Å². The van der Waals surface area contributed by atoms with Crippen LogP contribution in [0.4, 0.5) is 0 Å². The highest BCUT2D eigenvalue weighted by Gasteiger charge is 2.55. The molecule has 0 saturated heterocycles. The van der Waals surface area contributed by atoms with E-state index in [1.54, 1.807) is 6.08 Å². The lowest BCUT2D eigenvalue weighted by Crippen LogP contribution is -2.37. The quantitative estimate of drug-likeness (QED) is 0.514. The number of fused-ring (bicyclic) bond motifs is 5. The second kappa shape index (κ2) is 5.87. The summed E-state index contributed by atoms with van der Waals surface area (Å²) in [6.07, 6.45) is 7.26. The van der Waals surface area contributed by atoms with Crippen LogP contribution in [0.5, 0.6) is 5.75 Å². The first-order chi connectivity index (χ1) is 12.1. The van der Waals surface area contributed by atoms with Crippen LogP contribution < -0.4 is 4.74 Å². The van der Waals surface area contributed by atoms with E-state index >= 15 is 0 Å². The zero-order valence-corrected chi connectivity index (χ0v) is 14.5. The van der Waals surface area contributed by atoms with Crippen molar-refractivity contribution in [1.29, 1.82) is 0 Å². The van der Waals surface area contributed by atoms with Gasteiger partial charge in [0.05, 0.1) is 0 Å². The summed E-state index contributed by atoms with van der Waals surface area (Å²) in [4.78, 5) is 12.6. The van der Waals surface area contributed by atoms with Crippen LogP contribution in [-0.4, -0.2) is 23.3 Å². The highest BCUT2D eigenvalue weighted by atomic mass is 16.5. The number of hydrogen-bond acceptors (Lipinski definition) is 4. The summed E-state index contributed by atoms with van der Waals surface area (Å²) >= 11 is 0. The van der Waals surface area contributed by atoms with Gasteiger partial charge in [0.2, 0.25) is 0 Å². The molecule has 25 heavy (non-hydrogen) atoms. The smallest absolute Gasteiger partial charge is 0.186 e. The molecule has 3 atom stereocenters. The van der Waals surface area contributed by atoms with Crippen LogP contribution in [-0.2, 0) is 11.2 Å². The molecule has 0 spiro atoms. The number of carbonyl (C=O) groups excluding carboxylic acids is 1. The number of Topliss-reactive ketones (excluding diaryl/α,β-unsaturated/α-hetero) is 1. The predicted octanol–water partition coefficient (Wildman–Crippen LogP) is 4.04. The van der Waals surface area contributed by atoms with E-state index in [2.05, 4.69) is 29.9 Å². The van der Waals surface area contributed by atoms with Crippen molar-refractivity contribution >= 4 is 11.5 Å². The van der Waals surface area contributed by atoms with Crippen LogP contribution >= 0.6 is 0 Å². The van der Waals surface area contributed by atoms with Crippen molar-refractivity contribution in [3.05, 3.63) is 53.6 Å². The molecule has 3 aliphatic carbocycles. The molecule has 2 fully saturated rings. The Hall–Kier alpha value is -2.36. The Bertz CT molecular complexity index is 807. The molecule has 2 saturated carbocycles. The van der Waals surface area contributed by atoms with E-state index in [-0.39, 0.29) is 11.7 Å². The second-order valence-electron chi connectivity index (χ2n) is 7.51. The number of rotatable bonds is 3. The van der Waals surface area contributed by atoms with Gasteiger partial charge >= 0.3 is 0 Å². The van der Waals surface area contributed by atoms with Crippen molar-refractivity contribution in [2.75, 3.05) is 6.61 Å². The predicted molar refractivity (Wildman–Crippen MR) is 96.3 cm³/mol. The Balaban J connectivity index is 1.67. The number of ether oxygens (including phenoxy) is 1. The molecule has 0 radical (unpaired) electrons. The van der Waals surface area contributed by atoms with Gasteiger partial charge in [0.1, 0.15) is 18.1 Å². The average Bonchev–Trinajstić information content (AvgIpc) is 2.90. The van der Waals surface area contributed by atoms with Crippen LogP contribution in [0.2, 0.25) is 0 Å². The summed E-state index contributed by atoms with van der Waals surface area (Å²) < 4.78 is 5.66. The topological polar surface area (TPSA) is 58.9 Å².